The van der Waals surface area contributed by atoms with Crippen molar-refractivity contribution in [1.29, 1.82) is 0 Å². The Hall–Kier alpha value is -0.480. The molecule has 4 heteroatoms. The highest BCUT2D eigenvalue weighted by Gasteiger charge is 2.01. The van der Waals surface area contributed by atoms with Gasteiger partial charge in [0.25, 0.3) is 0 Å². The molecule has 1 aromatic rings. The summed E-state index contributed by atoms with van der Waals surface area (Å²) in [7, 11) is 0. The van der Waals surface area contributed by atoms with Crippen LogP contribution in [0.2, 0.25) is 0 Å². The second kappa shape index (κ2) is 2.64. The lowest BCUT2D eigenvalue weighted by Crippen LogP contribution is -1.72. The van der Waals surface area contributed by atoms with Gasteiger partial charge in [0, 0.05) is 9.79 Å². The Morgan fingerprint density at radius 2 is 1.20 bits per heavy atom. The predicted octanol–water partition coefficient (Wildman–Crippen LogP) is 1.68. The molecule has 0 bridgehead atoms. The number of rotatable bonds is 0. The van der Waals surface area contributed by atoms with E-state index >= 15 is 0 Å². The van der Waals surface area contributed by atoms with Crippen LogP contribution in [-0.2, 0) is 0 Å². The predicted molar refractivity (Wildman–Crippen MR) is 44.3 cm³/mol. The van der Waals surface area contributed by atoms with Crippen molar-refractivity contribution < 1.29 is 10.2 Å². The number of hydrogen-bond acceptors (Lipinski definition) is 4. The van der Waals surface area contributed by atoms with Crippen LogP contribution in [0.4, 0.5) is 0 Å². The summed E-state index contributed by atoms with van der Waals surface area (Å²) < 4.78 is 0. The van der Waals surface area contributed by atoms with E-state index in [9.17, 15) is 0 Å². The van der Waals surface area contributed by atoms with Crippen LogP contribution in [0.5, 0.6) is 11.5 Å². The Kier molecular flexibility index (Phi) is 2.01. The van der Waals surface area contributed by atoms with E-state index in [0.29, 0.717) is 9.79 Å². The molecule has 1 rings (SSSR count). The van der Waals surface area contributed by atoms with Gasteiger partial charge >= 0.3 is 0 Å². The van der Waals surface area contributed by atoms with Gasteiger partial charge < -0.3 is 10.2 Å². The zero-order valence-corrected chi connectivity index (χ0v) is 6.73. The minimum absolute atomic E-state index is 0.0196. The Bertz CT molecular complexity index is 210. The maximum atomic E-state index is 8.99. The molecule has 0 aromatic heterocycles. The number of phenolic OH excluding ortho intramolecular Hbond substituents is 2. The average Bonchev–Trinajstić information content (AvgIpc) is 1.84. The van der Waals surface area contributed by atoms with Crippen molar-refractivity contribution in [1.82, 2.24) is 0 Å². The molecule has 0 radical (unpaired) electrons. The smallest absolute Gasteiger partial charge is 0.130 e. The highest BCUT2D eigenvalue weighted by Crippen LogP contribution is 2.31. The standard InChI is InChI=1S/C6H6O2S2/c7-3-1-5(9)4(8)2-6(3)10/h1-2,7-10H. The summed E-state index contributed by atoms with van der Waals surface area (Å²) >= 11 is 7.74. The van der Waals surface area contributed by atoms with E-state index in [2.05, 4.69) is 25.3 Å². The Labute approximate surface area is 69.3 Å². The second-order valence-electron chi connectivity index (χ2n) is 1.83. The Morgan fingerprint density at radius 1 is 0.900 bits per heavy atom. The van der Waals surface area contributed by atoms with Gasteiger partial charge in [-0.25, -0.2) is 0 Å². The molecular weight excluding hydrogens is 168 g/mol. The average molecular weight is 174 g/mol. The van der Waals surface area contributed by atoms with E-state index in [1.54, 1.807) is 0 Å². The fourth-order valence-electron chi connectivity index (χ4n) is 0.555. The summed E-state index contributed by atoms with van der Waals surface area (Å²) in [6, 6.07) is 2.67. The lowest BCUT2D eigenvalue weighted by atomic mass is 10.3. The van der Waals surface area contributed by atoms with E-state index in [1.807, 2.05) is 0 Å². The first-order chi connectivity index (χ1) is 4.61. The van der Waals surface area contributed by atoms with Crippen molar-refractivity contribution in [2.75, 3.05) is 0 Å². The molecule has 1 aromatic carbocycles. The maximum Gasteiger partial charge on any atom is 0.130 e. The fraction of sp³-hybridized carbons (Fsp3) is 0. The summed E-state index contributed by atoms with van der Waals surface area (Å²) in [5.41, 5.74) is 0. The van der Waals surface area contributed by atoms with Crippen LogP contribution in [0.1, 0.15) is 0 Å². The number of phenols is 2. The van der Waals surface area contributed by atoms with Crippen LogP contribution >= 0.6 is 25.3 Å². The van der Waals surface area contributed by atoms with E-state index < -0.39 is 0 Å². The maximum absolute atomic E-state index is 8.99. The van der Waals surface area contributed by atoms with E-state index in [1.165, 1.54) is 12.1 Å². The SMILES string of the molecule is Oc1cc(S)c(O)cc1S. The van der Waals surface area contributed by atoms with Gasteiger partial charge in [0.2, 0.25) is 0 Å². The quantitative estimate of drug-likeness (QED) is 0.357. The minimum Gasteiger partial charge on any atom is -0.507 e. The molecule has 0 saturated carbocycles. The molecule has 0 heterocycles. The summed E-state index contributed by atoms with van der Waals surface area (Å²) in [5, 5.41) is 18.0. The largest absolute Gasteiger partial charge is 0.507 e. The third-order valence-electron chi connectivity index (χ3n) is 1.07. The molecule has 0 saturated heterocycles. The second-order valence-corrected chi connectivity index (χ2v) is 2.79. The molecule has 54 valence electrons. The van der Waals surface area contributed by atoms with Crippen molar-refractivity contribution in [2.45, 2.75) is 9.79 Å². The van der Waals surface area contributed by atoms with E-state index in [0.717, 1.165) is 0 Å². The van der Waals surface area contributed by atoms with Crippen molar-refractivity contribution >= 4 is 25.3 Å². The summed E-state index contributed by atoms with van der Waals surface area (Å²) in [6.45, 7) is 0. The van der Waals surface area contributed by atoms with Crippen LogP contribution in [0.15, 0.2) is 21.9 Å². The normalized spacial score (nSPS) is 9.80. The molecule has 0 atom stereocenters. The number of thiol groups is 2. The molecule has 0 amide bonds. The van der Waals surface area contributed by atoms with E-state index in [4.69, 9.17) is 10.2 Å². The first-order valence-corrected chi connectivity index (χ1v) is 3.44. The zero-order valence-electron chi connectivity index (χ0n) is 4.94. The molecule has 2 N–H and O–H groups in total. The van der Waals surface area contributed by atoms with Crippen LogP contribution < -0.4 is 0 Å². The molecule has 0 spiro atoms. The van der Waals surface area contributed by atoms with Gasteiger partial charge in [0.1, 0.15) is 11.5 Å². The molecule has 0 aliphatic carbocycles. The molecule has 0 unspecified atom stereocenters. The third kappa shape index (κ3) is 1.33. The lowest BCUT2D eigenvalue weighted by molar-refractivity contribution is 0.439. The molecule has 10 heavy (non-hydrogen) atoms. The monoisotopic (exact) mass is 174 g/mol. The van der Waals surface area contributed by atoms with Gasteiger partial charge in [-0.3, -0.25) is 0 Å². The van der Waals surface area contributed by atoms with Crippen molar-refractivity contribution in [3.05, 3.63) is 12.1 Å². The first kappa shape index (κ1) is 7.63. The zero-order chi connectivity index (χ0) is 7.72. The van der Waals surface area contributed by atoms with Crippen LogP contribution in [0, 0.1) is 0 Å². The van der Waals surface area contributed by atoms with Crippen LogP contribution in [0.3, 0.4) is 0 Å². The van der Waals surface area contributed by atoms with Crippen molar-refractivity contribution in [3.8, 4) is 11.5 Å². The summed E-state index contributed by atoms with van der Waals surface area (Å²) in [5.74, 6) is 0.0391. The Balaban J connectivity index is 3.28. The third-order valence-corrected chi connectivity index (χ3v) is 1.79. The number of benzene rings is 1. The highest BCUT2D eigenvalue weighted by atomic mass is 32.1. The van der Waals surface area contributed by atoms with Gasteiger partial charge in [0.05, 0.1) is 0 Å². The molecule has 0 fully saturated rings. The summed E-state index contributed by atoms with van der Waals surface area (Å²) in [4.78, 5) is 0.686. The lowest BCUT2D eigenvalue weighted by Gasteiger charge is -2.00. The van der Waals surface area contributed by atoms with Gasteiger partial charge in [-0.15, -0.1) is 25.3 Å². The molecule has 2 nitrogen and oxygen atoms in total. The van der Waals surface area contributed by atoms with Crippen LogP contribution in [0.25, 0.3) is 0 Å². The summed E-state index contributed by atoms with van der Waals surface area (Å²) in [6.07, 6.45) is 0. The highest BCUT2D eigenvalue weighted by molar-refractivity contribution is 7.80. The van der Waals surface area contributed by atoms with Crippen molar-refractivity contribution in [3.63, 3.8) is 0 Å². The first-order valence-electron chi connectivity index (χ1n) is 2.55. The van der Waals surface area contributed by atoms with Gasteiger partial charge in [-0.1, -0.05) is 0 Å². The molecule has 0 aliphatic heterocycles. The topological polar surface area (TPSA) is 40.5 Å². The Morgan fingerprint density at radius 3 is 1.50 bits per heavy atom. The number of hydrogen-bond donors (Lipinski definition) is 4. The van der Waals surface area contributed by atoms with Crippen molar-refractivity contribution in [2.24, 2.45) is 0 Å². The molecular formula is C6H6O2S2. The van der Waals surface area contributed by atoms with E-state index in [-0.39, 0.29) is 11.5 Å². The number of aromatic hydroxyl groups is 2. The minimum atomic E-state index is 0.0196. The molecule has 0 aliphatic rings. The van der Waals surface area contributed by atoms with Gasteiger partial charge in [-0.05, 0) is 12.1 Å². The van der Waals surface area contributed by atoms with Crippen LogP contribution in [-0.4, -0.2) is 10.2 Å². The fourth-order valence-corrected chi connectivity index (χ4v) is 0.928. The van der Waals surface area contributed by atoms with Gasteiger partial charge in [-0.2, -0.15) is 0 Å². The van der Waals surface area contributed by atoms with Gasteiger partial charge in [0.15, 0.2) is 0 Å².